The number of rotatable bonds is 2. The first-order chi connectivity index (χ1) is 5.24. The molecule has 4 N–H and O–H groups in total. The van der Waals surface area contributed by atoms with Crippen molar-refractivity contribution in [2.24, 2.45) is 5.84 Å². The Morgan fingerprint density at radius 1 is 1.50 bits per heavy atom. The second-order valence-corrected chi connectivity index (χ2v) is 3.07. The monoisotopic (exact) mass is 252 g/mol. The van der Waals surface area contributed by atoms with E-state index in [1.807, 2.05) is 6.07 Å². The Morgan fingerprint density at radius 3 is 2.75 bits per heavy atom. The SMILES string of the molecule is Cl.NNCc1cc(Br)ccc1O. The van der Waals surface area contributed by atoms with Crippen molar-refractivity contribution in [1.82, 2.24) is 5.43 Å². The molecule has 1 aromatic carbocycles. The first-order valence-electron chi connectivity index (χ1n) is 3.15. The summed E-state index contributed by atoms with van der Waals surface area (Å²) in [5.41, 5.74) is 3.25. The summed E-state index contributed by atoms with van der Waals surface area (Å²) in [5.74, 6) is 5.36. The van der Waals surface area contributed by atoms with Crippen LogP contribution in [0.3, 0.4) is 0 Å². The number of aromatic hydroxyl groups is 1. The molecule has 0 bridgehead atoms. The van der Waals surface area contributed by atoms with Gasteiger partial charge in [0.15, 0.2) is 0 Å². The van der Waals surface area contributed by atoms with Crippen molar-refractivity contribution in [2.45, 2.75) is 6.54 Å². The molecule has 0 spiro atoms. The summed E-state index contributed by atoms with van der Waals surface area (Å²) in [4.78, 5) is 0. The molecule has 0 saturated carbocycles. The number of hydrazine groups is 1. The normalized spacial score (nSPS) is 9.17. The zero-order chi connectivity index (χ0) is 8.27. The van der Waals surface area contributed by atoms with E-state index >= 15 is 0 Å². The molecule has 0 aliphatic carbocycles. The van der Waals surface area contributed by atoms with E-state index in [1.54, 1.807) is 12.1 Å². The highest BCUT2D eigenvalue weighted by Gasteiger charge is 1.99. The lowest BCUT2D eigenvalue weighted by Crippen LogP contribution is -2.20. The third-order valence-corrected chi connectivity index (χ3v) is 1.83. The number of phenolic OH excluding ortho intramolecular Hbond substituents is 1. The molecule has 1 rings (SSSR count). The van der Waals surface area contributed by atoms with Crippen LogP contribution in [0, 0.1) is 0 Å². The largest absolute Gasteiger partial charge is 0.508 e. The molecule has 0 heterocycles. The third kappa shape index (κ3) is 2.98. The average molecular weight is 254 g/mol. The van der Waals surface area contributed by atoms with E-state index in [1.165, 1.54) is 0 Å². The highest BCUT2D eigenvalue weighted by Crippen LogP contribution is 2.21. The van der Waals surface area contributed by atoms with Crippen molar-refractivity contribution in [3.63, 3.8) is 0 Å². The summed E-state index contributed by atoms with van der Waals surface area (Å²) in [6, 6.07) is 5.21. The molecule has 0 unspecified atom stereocenters. The fourth-order valence-electron chi connectivity index (χ4n) is 0.806. The Balaban J connectivity index is 0.00000121. The molecule has 0 aliphatic rings. The van der Waals surface area contributed by atoms with E-state index in [9.17, 15) is 5.11 Å². The van der Waals surface area contributed by atoms with Gasteiger partial charge in [-0.1, -0.05) is 15.9 Å². The number of nitrogens with two attached hydrogens (primary N) is 1. The van der Waals surface area contributed by atoms with E-state index in [0.29, 0.717) is 6.54 Å². The van der Waals surface area contributed by atoms with Crippen LogP contribution >= 0.6 is 28.3 Å². The highest BCUT2D eigenvalue weighted by molar-refractivity contribution is 9.10. The van der Waals surface area contributed by atoms with Crippen LogP contribution in [0.1, 0.15) is 5.56 Å². The number of hydrogen-bond donors (Lipinski definition) is 3. The summed E-state index contributed by atoms with van der Waals surface area (Å²) >= 11 is 3.29. The third-order valence-electron chi connectivity index (χ3n) is 1.33. The molecule has 68 valence electrons. The van der Waals surface area contributed by atoms with Crippen molar-refractivity contribution in [3.05, 3.63) is 28.2 Å². The minimum Gasteiger partial charge on any atom is -0.508 e. The van der Waals surface area contributed by atoms with Crippen LogP contribution in [0.5, 0.6) is 5.75 Å². The van der Waals surface area contributed by atoms with Gasteiger partial charge in [-0.2, -0.15) is 0 Å². The van der Waals surface area contributed by atoms with Gasteiger partial charge in [0.1, 0.15) is 5.75 Å². The second-order valence-electron chi connectivity index (χ2n) is 2.15. The Morgan fingerprint density at radius 2 is 2.17 bits per heavy atom. The Bertz CT molecular complexity index is 257. The van der Waals surface area contributed by atoms with Gasteiger partial charge in [0.2, 0.25) is 0 Å². The van der Waals surface area contributed by atoms with Crippen LogP contribution < -0.4 is 11.3 Å². The lowest BCUT2D eigenvalue weighted by atomic mass is 10.2. The average Bonchev–Trinajstić information content (AvgIpc) is 1.98. The topological polar surface area (TPSA) is 58.3 Å². The van der Waals surface area contributed by atoms with Gasteiger partial charge < -0.3 is 5.11 Å². The Hall–Kier alpha value is -0.290. The van der Waals surface area contributed by atoms with Gasteiger partial charge in [-0.15, -0.1) is 12.4 Å². The number of halogens is 2. The van der Waals surface area contributed by atoms with Gasteiger partial charge in [0, 0.05) is 16.6 Å². The van der Waals surface area contributed by atoms with E-state index in [4.69, 9.17) is 5.84 Å². The van der Waals surface area contributed by atoms with Gasteiger partial charge in [-0.3, -0.25) is 11.3 Å². The molecule has 0 fully saturated rings. The maximum atomic E-state index is 9.25. The minimum absolute atomic E-state index is 0. The second kappa shape index (κ2) is 5.37. The van der Waals surface area contributed by atoms with Crippen LogP contribution in [0.15, 0.2) is 22.7 Å². The zero-order valence-corrected chi connectivity index (χ0v) is 8.65. The molecule has 5 heteroatoms. The summed E-state index contributed by atoms with van der Waals surface area (Å²) in [6.45, 7) is 0.464. The highest BCUT2D eigenvalue weighted by atomic mass is 79.9. The standard InChI is InChI=1S/C7H9BrN2O.ClH/c8-6-1-2-7(11)5(3-6)4-10-9;/h1-3,10-11H,4,9H2;1H. The first kappa shape index (κ1) is 11.7. The molecule has 0 aliphatic heterocycles. The smallest absolute Gasteiger partial charge is 0.120 e. The van der Waals surface area contributed by atoms with E-state index in [-0.39, 0.29) is 18.2 Å². The number of hydrogen-bond acceptors (Lipinski definition) is 3. The molecular formula is C7H10BrClN2O. The molecule has 12 heavy (non-hydrogen) atoms. The van der Waals surface area contributed by atoms with E-state index < -0.39 is 0 Å². The number of phenols is 1. The van der Waals surface area contributed by atoms with Crippen LogP contribution in [0.4, 0.5) is 0 Å². The fraction of sp³-hybridized carbons (Fsp3) is 0.143. The van der Waals surface area contributed by atoms with Crippen molar-refractivity contribution in [2.75, 3.05) is 0 Å². The van der Waals surface area contributed by atoms with Gasteiger partial charge in [0.05, 0.1) is 0 Å². The minimum atomic E-state index is 0. The van der Waals surface area contributed by atoms with E-state index in [0.717, 1.165) is 10.0 Å². The molecule has 0 amide bonds. The van der Waals surface area contributed by atoms with Crippen LogP contribution in [-0.2, 0) is 6.54 Å². The maximum absolute atomic E-state index is 9.25. The lowest BCUT2D eigenvalue weighted by molar-refractivity contribution is 0.465. The Kier molecular flexibility index (Phi) is 5.24. The zero-order valence-electron chi connectivity index (χ0n) is 6.25. The maximum Gasteiger partial charge on any atom is 0.120 e. The molecular weight excluding hydrogens is 243 g/mol. The van der Waals surface area contributed by atoms with Crippen molar-refractivity contribution in [3.8, 4) is 5.75 Å². The summed E-state index contributed by atoms with van der Waals surface area (Å²) < 4.78 is 0.931. The van der Waals surface area contributed by atoms with Gasteiger partial charge in [-0.25, -0.2) is 0 Å². The lowest BCUT2D eigenvalue weighted by Gasteiger charge is -2.02. The molecule has 3 nitrogen and oxygen atoms in total. The van der Waals surface area contributed by atoms with E-state index in [2.05, 4.69) is 21.4 Å². The molecule has 0 atom stereocenters. The molecule has 0 aromatic heterocycles. The van der Waals surface area contributed by atoms with Crippen molar-refractivity contribution < 1.29 is 5.11 Å². The van der Waals surface area contributed by atoms with Gasteiger partial charge in [0.25, 0.3) is 0 Å². The van der Waals surface area contributed by atoms with Gasteiger partial charge >= 0.3 is 0 Å². The van der Waals surface area contributed by atoms with Crippen molar-refractivity contribution >= 4 is 28.3 Å². The number of benzene rings is 1. The predicted molar refractivity (Wildman–Crippen MR) is 54.1 cm³/mol. The van der Waals surface area contributed by atoms with Crippen LogP contribution in [0.2, 0.25) is 0 Å². The molecule has 1 aromatic rings. The summed E-state index contributed by atoms with van der Waals surface area (Å²) in [6.07, 6.45) is 0. The first-order valence-corrected chi connectivity index (χ1v) is 3.94. The molecule has 0 saturated heterocycles. The Labute approximate surface area is 85.5 Å². The van der Waals surface area contributed by atoms with Crippen LogP contribution in [0.25, 0.3) is 0 Å². The fourth-order valence-corrected chi connectivity index (χ4v) is 1.21. The quantitative estimate of drug-likeness (QED) is 0.553. The summed E-state index contributed by atoms with van der Waals surface area (Å²) in [7, 11) is 0. The molecule has 0 radical (unpaired) electrons. The number of nitrogens with one attached hydrogen (secondary N) is 1. The van der Waals surface area contributed by atoms with Crippen LogP contribution in [-0.4, -0.2) is 5.11 Å². The predicted octanol–water partition coefficient (Wildman–Crippen LogP) is 1.54. The van der Waals surface area contributed by atoms with Crippen molar-refractivity contribution in [1.29, 1.82) is 0 Å². The van der Waals surface area contributed by atoms with Gasteiger partial charge in [-0.05, 0) is 18.2 Å². The summed E-state index contributed by atoms with van der Waals surface area (Å²) in [5, 5.41) is 9.25.